The number of aromatic nitrogens is 1. The Morgan fingerprint density at radius 3 is 2.45 bits per heavy atom. The molecular formula is C18H15NO3. The number of hydrogen-bond acceptors (Lipinski definition) is 3. The first-order chi connectivity index (χ1) is 10.6. The number of pyridine rings is 1. The van der Waals surface area contributed by atoms with E-state index in [1.165, 1.54) is 6.92 Å². The molecule has 3 rings (SSSR count). The Morgan fingerprint density at radius 1 is 1.05 bits per heavy atom. The number of carbonyl (C=O) groups excluding carboxylic acids is 1. The third-order valence-corrected chi connectivity index (χ3v) is 3.44. The molecule has 0 aliphatic heterocycles. The quantitative estimate of drug-likeness (QED) is 0.755. The lowest BCUT2D eigenvalue weighted by atomic mass is 10.0. The molecule has 0 fully saturated rings. The standard InChI is InChI=1S/C18H15NO3/c1-12(20)22-17-14-9-5-6-10-16(14)19-18(21)15(17)11-13-7-3-2-4-8-13/h2-10H,11H2,1H3,(H,19,21). The van der Waals surface area contributed by atoms with Crippen molar-refractivity contribution in [2.45, 2.75) is 13.3 Å². The van der Waals surface area contributed by atoms with Gasteiger partial charge in [0.1, 0.15) is 5.75 Å². The SMILES string of the molecule is CC(=O)Oc1c(Cc2ccccc2)c(=O)[nH]c2ccccc12. The minimum absolute atomic E-state index is 0.237. The number of rotatable bonds is 3. The highest BCUT2D eigenvalue weighted by molar-refractivity contribution is 5.88. The number of fused-ring (bicyclic) bond motifs is 1. The van der Waals surface area contributed by atoms with Crippen molar-refractivity contribution >= 4 is 16.9 Å². The highest BCUT2D eigenvalue weighted by Gasteiger charge is 2.16. The minimum Gasteiger partial charge on any atom is -0.425 e. The monoisotopic (exact) mass is 293 g/mol. The predicted octanol–water partition coefficient (Wildman–Crippen LogP) is 3.04. The Labute approximate surface area is 127 Å². The summed E-state index contributed by atoms with van der Waals surface area (Å²) < 4.78 is 5.35. The smallest absolute Gasteiger partial charge is 0.308 e. The summed E-state index contributed by atoms with van der Waals surface area (Å²) >= 11 is 0. The van der Waals surface area contributed by atoms with Crippen molar-refractivity contribution in [3.63, 3.8) is 0 Å². The summed E-state index contributed by atoms with van der Waals surface area (Å²) in [5, 5.41) is 0.725. The molecule has 0 aliphatic carbocycles. The van der Waals surface area contributed by atoms with Crippen LogP contribution in [0.15, 0.2) is 59.4 Å². The van der Waals surface area contributed by atoms with Gasteiger partial charge in [-0.1, -0.05) is 42.5 Å². The maximum atomic E-state index is 12.4. The van der Waals surface area contributed by atoms with Gasteiger partial charge in [0.15, 0.2) is 0 Å². The molecule has 0 saturated carbocycles. The lowest BCUT2D eigenvalue weighted by Crippen LogP contribution is -2.17. The van der Waals surface area contributed by atoms with E-state index in [9.17, 15) is 9.59 Å². The molecule has 2 aromatic carbocycles. The number of carbonyl (C=O) groups is 1. The Morgan fingerprint density at radius 2 is 1.73 bits per heavy atom. The van der Waals surface area contributed by atoms with Gasteiger partial charge in [0, 0.05) is 18.7 Å². The van der Waals surface area contributed by atoms with Gasteiger partial charge in [0.25, 0.3) is 5.56 Å². The van der Waals surface area contributed by atoms with Crippen molar-refractivity contribution in [2.75, 3.05) is 0 Å². The topological polar surface area (TPSA) is 59.2 Å². The van der Waals surface area contributed by atoms with Crippen LogP contribution in [0.4, 0.5) is 0 Å². The van der Waals surface area contributed by atoms with Crippen molar-refractivity contribution in [1.82, 2.24) is 4.98 Å². The molecule has 0 radical (unpaired) electrons. The number of nitrogens with one attached hydrogen (secondary N) is 1. The molecule has 0 unspecified atom stereocenters. The van der Waals surface area contributed by atoms with Gasteiger partial charge in [-0.3, -0.25) is 9.59 Å². The molecule has 4 nitrogen and oxygen atoms in total. The fourth-order valence-electron chi connectivity index (χ4n) is 2.47. The molecule has 4 heteroatoms. The first kappa shape index (κ1) is 14.1. The molecule has 1 aromatic heterocycles. The van der Waals surface area contributed by atoms with Crippen LogP contribution in [0.1, 0.15) is 18.1 Å². The summed E-state index contributed by atoms with van der Waals surface area (Å²) in [5.41, 5.74) is 1.86. The number of hydrogen-bond donors (Lipinski definition) is 1. The molecule has 1 heterocycles. The van der Waals surface area contributed by atoms with E-state index in [0.29, 0.717) is 23.3 Å². The largest absolute Gasteiger partial charge is 0.425 e. The minimum atomic E-state index is -0.440. The first-order valence-corrected chi connectivity index (χ1v) is 7.01. The summed E-state index contributed by atoms with van der Waals surface area (Å²) in [4.78, 5) is 26.7. The maximum absolute atomic E-state index is 12.4. The van der Waals surface area contributed by atoms with Crippen LogP contribution in [-0.2, 0) is 11.2 Å². The average Bonchev–Trinajstić information content (AvgIpc) is 2.51. The number of benzene rings is 2. The van der Waals surface area contributed by atoms with Crippen LogP contribution >= 0.6 is 0 Å². The number of H-pyrrole nitrogens is 1. The van der Waals surface area contributed by atoms with Crippen molar-refractivity contribution in [2.24, 2.45) is 0 Å². The molecule has 0 saturated heterocycles. The molecular weight excluding hydrogens is 278 g/mol. The van der Waals surface area contributed by atoms with Crippen molar-refractivity contribution in [3.05, 3.63) is 76.1 Å². The summed E-state index contributed by atoms with van der Waals surface area (Å²) in [5.74, 6) is -0.0965. The Kier molecular flexibility index (Phi) is 3.74. The zero-order chi connectivity index (χ0) is 15.5. The predicted molar refractivity (Wildman–Crippen MR) is 85.1 cm³/mol. The lowest BCUT2D eigenvalue weighted by Gasteiger charge is -2.11. The van der Waals surface area contributed by atoms with Crippen molar-refractivity contribution in [1.29, 1.82) is 0 Å². The van der Waals surface area contributed by atoms with E-state index in [1.54, 1.807) is 6.07 Å². The van der Waals surface area contributed by atoms with Gasteiger partial charge in [0.05, 0.1) is 11.1 Å². The summed E-state index contributed by atoms with van der Waals surface area (Å²) in [6.45, 7) is 1.34. The molecule has 0 amide bonds. The van der Waals surface area contributed by atoms with Crippen LogP contribution in [0.25, 0.3) is 10.9 Å². The Hall–Kier alpha value is -2.88. The summed E-state index contributed by atoms with van der Waals surface area (Å²) in [6, 6.07) is 16.9. The summed E-state index contributed by atoms with van der Waals surface area (Å²) in [6.07, 6.45) is 0.406. The van der Waals surface area contributed by atoms with Crippen LogP contribution < -0.4 is 10.3 Å². The van der Waals surface area contributed by atoms with Gasteiger partial charge >= 0.3 is 5.97 Å². The van der Waals surface area contributed by atoms with E-state index in [1.807, 2.05) is 48.5 Å². The number of aromatic amines is 1. The highest BCUT2D eigenvalue weighted by Crippen LogP contribution is 2.27. The van der Waals surface area contributed by atoms with Gasteiger partial charge in [-0.2, -0.15) is 0 Å². The third kappa shape index (κ3) is 2.76. The third-order valence-electron chi connectivity index (χ3n) is 3.44. The average molecular weight is 293 g/mol. The molecule has 0 bridgehead atoms. The number of esters is 1. The molecule has 110 valence electrons. The Bertz CT molecular complexity index is 882. The van der Waals surface area contributed by atoms with Crippen LogP contribution in [0.5, 0.6) is 5.75 Å². The van der Waals surface area contributed by atoms with Gasteiger partial charge in [-0.25, -0.2) is 0 Å². The molecule has 1 N–H and O–H groups in total. The molecule has 0 atom stereocenters. The van der Waals surface area contributed by atoms with E-state index < -0.39 is 5.97 Å². The first-order valence-electron chi connectivity index (χ1n) is 7.01. The van der Waals surface area contributed by atoms with E-state index >= 15 is 0 Å². The van der Waals surface area contributed by atoms with E-state index in [2.05, 4.69) is 4.98 Å². The molecule has 3 aromatic rings. The molecule has 0 aliphatic rings. The van der Waals surface area contributed by atoms with E-state index in [4.69, 9.17) is 4.74 Å². The normalized spacial score (nSPS) is 10.6. The van der Waals surface area contributed by atoms with Gasteiger partial charge in [-0.05, 0) is 17.7 Å². The van der Waals surface area contributed by atoms with Crippen molar-refractivity contribution < 1.29 is 9.53 Å². The zero-order valence-corrected chi connectivity index (χ0v) is 12.1. The fourth-order valence-corrected chi connectivity index (χ4v) is 2.47. The van der Waals surface area contributed by atoms with Crippen LogP contribution in [0.3, 0.4) is 0 Å². The summed E-state index contributed by atoms with van der Waals surface area (Å²) in [7, 11) is 0. The van der Waals surface area contributed by atoms with E-state index in [0.717, 1.165) is 10.9 Å². The van der Waals surface area contributed by atoms with Gasteiger partial charge in [-0.15, -0.1) is 0 Å². The number of para-hydroxylation sites is 1. The lowest BCUT2D eigenvalue weighted by molar-refractivity contribution is -0.131. The van der Waals surface area contributed by atoms with Crippen LogP contribution in [0.2, 0.25) is 0 Å². The number of ether oxygens (including phenoxy) is 1. The second-order valence-corrected chi connectivity index (χ2v) is 5.06. The Balaban J connectivity index is 2.21. The molecule has 22 heavy (non-hydrogen) atoms. The van der Waals surface area contributed by atoms with Crippen LogP contribution in [-0.4, -0.2) is 11.0 Å². The maximum Gasteiger partial charge on any atom is 0.308 e. The van der Waals surface area contributed by atoms with Crippen molar-refractivity contribution in [3.8, 4) is 5.75 Å². The zero-order valence-electron chi connectivity index (χ0n) is 12.1. The van der Waals surface area contributed by atoms with Gasteiger partial charge < -0.3 is 9.72 Å². The highest BCUT2D eigenvalue weighted by atomic mass is 16.5. The van der Waals surface area contributed by atoms with Crippen LogP contribution in [0, 0.1) is 0 Å². The van der Waals surface area contributed by atoms with E-state index in [-0.39, 0.29) is 5.56 Å². The fraction of sp³-hybridized carbons (Fsp3) is 0.111. The molecule has 0 spiro atoms. The second kappa shape index (κ2) is 5.85. The van der Waals surface area contributed by atoms with Gasteiger partial charge in [0.2, 0.25) is 0 Å². The second-order valence-electron chi connectivity index (χ2n) is 5.06.